The molecule has 184 valence electrons. The number of fused-ring (bicyclic) bond motifs is 1. The van der Waals surface area contributed by atoms with E-state index in [4.69, 9.17) is 16.6 Å². The summed E-state index contributed by atoms with van der Waals surface area (Å²) in [5.41, 5.74) is 0.0895. The van der Waals surface area contributed by atoms with Crippen LogP contribution in [0.4, 0.5) is 15.3 Å². The van der Waals surface area contributed by atoms with E-state index in [2.05, 4.69) is 10.6 Å². The van der Waals surface area contributed by atoms with Crippen molar-refractivity contribution in [3.05, 3.63) is 63.7 Å². The van der Waals surface area contributed by atoms with Crippen molar-refractivity contribution in [2.24, 2.45) is 0 Å². The van der Waals surface area contributed by atoms with Gasteiger partial charge in [-0.25, -0.2) is 14.6 Å². The molecule has 0 bridgehead atoms. The van der Waals surface area contributed by atoms with Crippen molar-refractivity contribution in [3.8, 4) is 5.69 Å². The van der Waals surface area contributed by atoms with E-state index < -0.39 is 23.2 Å². The van der Waals surface area contributed by atoms with Crippen LogP contribution in [0.25, 0.3) is 16.6 Å². The van der Waals surface area contributed by atoms with Gasteiger partial charge in [-0.1, -0.05) is 23.7 Å². The van der Waals surface area contributed by atoms with Crippen molar-refractivity contribution in [2.45, 2.75) is 58.2 Å². The molecule has 4 rings (SSSR count). The number of halogens is 1. The molecule has 3 amide bonds. The number of rotatable bonds is 5. The lowest BCUT2D eigenvalue weighted by molar-refractivity contribution is 0.0719. The van der Waals surface area contributed by atoms with Gasteiger partial charge in [0.05, 0.1) is 27.7 Å². The maximum Gasteiger partial charge on any atom is 0.408 e. The summed E-state index contributed by atoms with van der Waals surface area (Å²) in [7, 11) is 0. The van der Waals surface area contributed by atoms with E-state index in [1.807, 2.05) is 0 Å². The zero-order valence-electron chi connectivity index (χ0n) is 20.0. The minimum absolute atomic E-state index is 0.194. The number of nitrogens with zero attached hydrogens (tertiary/aromatic N) is 3. The molecule has 10 heteroatoms. The van der Waals surface area contributed by atoms with Gasteiger partial charge in [0, 0.05) is 17.3 Å². The second kappa shape index (κ2) is 9.22. The summed E-state index contributed by atoms with van der Waals surface area (Å²) < 4.78 is 1.37. The molecular weight excluding hydrogens is 470 g/mol. The molecule has 1 aromatic heterocycles. The first-order chi connectivity index (χ1) is 16.5. The number of benzene rings is 2. The standard InChI is InChI=1S/C25H28ClN5O4/c1-14(31(24(34)35)25(2,3)4)21-29-19-10-6-9-18(26)20(19)22(32)30(21)17-8-5-7-16(13-17)28-23(33)27-15-11-12-15/h5-10,13-15H,11-12H2,1-4H3,(H,34,35)(H2,27,28,33)/t14-/m0/s1. The molecule has 9 nitrogen and oxygen atoms in total. The fraction of sp³-hybridized carbons (Fsp3) is 0.360. The molecule has 1 fully saturated rings. The van der Waals surface area contributed by atoms with E-state index in [1.165, 1.54) is 9.47 Å². The third-order valence-electron chi connectivity index (χ3n) is 5.84. The van der Waals surface area contributed by atoms with Gasteiger partial charge in [-0.05, 0) is 70.9 Å². The maximum atomic E-state index is 13.8. The molecule has 1 atom stereocenters. The van der Waals surface area contributed by atoms with E-state index in [0.29, 0.717) is 16.9 Å². The second-order valence-corrected chi connectivity index (χ2v) is 10.1. The van der Waals surface area contributed by atoms with E-state index in [0.717, 1.165) is 12.8 Å². The van der Waals surface area contributed by atoms with Crippen LogP contribution in [0, 0.1) is 0 Å². The van der Waals surface area contributed by atoms with Crippen LogP contribution in [0.5, 0.6) is 0 Å². The van der Waals surface area contributed by atoms with Crippen LogP contribution in [0.3, 0.4) is 0 Å². The van der Waals surface area contributed by atoms with Crippen LogP contribution in [0.1, 0.15) is 52.4 Å². The summed E-state index contributed by atoms with van der Waals surface area (Å²) in [5, 5.41) is 16.1. The molecule has 1 aliphatic carbocycles. The Balaban J connectivity index is 1.89. The van der Waals surface area contributed by atoms with Crippen LogP contribution in [-0.4, -0.2) is 43.3 Å². The van der Waals surface area contributed by atoms with Gasteiger partial charge < -0.3 is 15.7 Å². The highest BCUT2D eigenvalue weighted by molar-refractivity contribution is 6.35. The van der Waals surface area contributed by atoms with Gasteiger partial charge in [0.15, 0.2) is 0 Å². The number of carbonyl (C=O) groups is 2. The lowest BCUT2D eigenvalue weighted by Crippen LogP contribution is -2.47. The average Bonchev–Trinajstić information content (AvgIpc) is 3.56. The van der Waals surface area contributed by atoms with Crippen molar-refractivity contribution in [1.29, 1.82) is 0 Å². The predicted molar refractivity (Wildman–Crippen MR) is 136 cm³/mol. The van der Waals surface area contributed by atoms with Gasteiger partial charge >= 0.3 is 12.1 Å². The molecular formula is C25H28ClN5O4. The number of hydrogen-bond donors (Lipinski definition) is 3. The molecule has 0 spiro atoms. The van der Waals surface area contributed by atoms with Crippen LogP contribution in [-0.2, 0) is 0 Å². The molecule has 3 aromatic rings. The number of carboxylic acid groups (broad SMARTS) is 1. The van der Waals surface area contributed by atoms with Crippen LogP contribution in [0.15, 0.2) is 47.3 Å². The van der Waals surface area contributed by atoms with E-state index in [9.17, 15) is 19.5 Å². The van der Waals surface area contributed by atoms with Gasteiger partial charge in [-0.2, -0.15) is 0 Å². The third kappa shape index (κ3) is 5.09. The van der Waals surface area contributed by atoms with Crippen molar-refractivity contribution in [1.82, 2.24) is 19.8 Å². The zero-order valence-corrected chi connectivity index (χ0v) is 20.8. The summed E-state index contributed by atoms with van der Waals surface area (Å²) in [6.45, 7) is 7.03. The van der Waals surface area contributed by atoms with Crippen molar-refractivity contribution in [3.63, 3.8) is 0 Å². The smallest absolute Gasteiger partial charge is 0.408 e. The number of carbonyl (C=O) groups excluding carboxylic acids is 1. The molecule has 1 heterocycles. The molecule has 0 aliphatic heterocycles. The molecule has 1 saturated carbocycles. The first-order valence-electron chi connectivity index (χ1n) is 11.4. The van der Waals surface area contributed by atoms with Crippen LogP contribution >= 0.6 is 11.6 Å². The first-order valence-corrected chi connectivity index (χ1v) is 11.8. The number of amides is 3. The largest absolute Gasteiger partial charge is 0.465 e. The van der Waals surface area contributed by atoms with Gasteiger partial charge in [0.1, 0.15) is 5.82 Å². The highest BCUT2D eigenvalue weighted by Gasteiger charge is 2.34. The lowest BCUT2D eigenvalue weighted by Gasteiger charge is -2.38. The summed E-state index contributed by atoms with van der Waals surface area (Å²) in [5.74, 6) is 0.238. The fourth-order valence-electron chi connectivity index (χ4n) is 4.19. The van der Waals surface area contributed by atoms with Gasteiger partial charge in [-0.15, -0.1) is 0 Å². The topological polar surface area (TPSA) is 117 Å². The van der Waals surface area contributed by atoms with E-state index in [-0.39, 0.29) is 28.3 Å². The Hall–Kier alpha value is -3.59. The second-order valence-electron chi connectivity index (χ2n) is 9.67. The molecule has 0 radical (unpaired) electrons. The predicted octanol–water partition coefficient (Wildman–Crippen LogP) is 5.16. The maximum absolute atomic E-state index is 13.8. The molecule has 2 aromatic carbocycles. The number of aromatic nitrogens is 2. The molecule has 3 N–H and O–H groups in total. The van der Waals surface area contributed by atoms with Crippen molar-refractivity contribution in [2.75, 3.05) is 5.32 Å². The lowest BCUT2D eigenvalue weighted by atomic mass is 10.0. The van der Waals surface area contributed by atoms with Gasteiger partial charge in [-0.3, -0.25) is 14.3 Å². The summed E-state index contributed by atoms with van der Waals surface area (Å²) in [6.07, 6.45) is 0.785. The monoisotopic (exact) mass is 497 g/mol. The Morgan fingerprint density at radius 2 is 1.89 bits per heavy atom. The Labute approximate surface area is 207 Å². The molecule has 0 saturated heterocycles. The van der Waals surface area contributed by atoms with E-state index >= 15 is 0 Å². The number of hydrogen-bond acceptors (Lipinski definition) is 4. The highest BCUT2D eigenvalue weighted by atomic mass is 35.5. The van der Waals surface area contributed by atoms with Crippen LogP contribution in [0.2, 0.25) is 5.02 Å². The zero-order chi connectivity index (χ0) is 25.5. The van der Waals surface area contributed by atoms with Gasteiger partial charge in [0.2, 0.25) is 0 Å². The number of nitrogens with one attached hydrogen (secondary N) is 2. The average molecular weight is 498 g/mol. The Kier molecular flexibility index (Phi) is 6.46. The summed E-state index contributed by atoms with van der Waals surface area (Å²) in [6, 6.07) is 10.8. The van der Waals surface area contributed by atoms with Crippen molar-refractivity contribution >= 4 is 40.3 Å². The first kappa shape index (κ1) is 24.5. The minimum Gasteiger partial charge on any atom is -0.465 e. The Morgan fingerprint density at radius 1 is 1.20 bits per heavy atom. The molecule has 0 unspecified atom stereocenters. The van der Waals surface area contributed by atoms with Gasteiger partial charge in [0.25, 0.3) is 5.56 Å². The normalized spacial score (nSPS) is 14.4. The van der Waals surface area contributed by atoms with E-state index in [1.54, 1.807) is 70.2 Å². The highest BCUT2D eigenvalue weighted by Crippen LogP contribution is 2.30. The number of anilines is 1. The molecule has 35 heavy (non-hydrogen) atoms. The summed E-state index contributed by atoms with van der Waals surface area (Å²) in [4.78, 5) is 44.2. The SMILES string of the molecule is C[C@@H](c1nc2cccc(Cl)c2c(=O)n1-c1cccc(NC(=O)NC2CC2)c1)N(C(=O)O)C(C)(C)C. The Morgan fingerprint density at radius 3 is 2.51 bits per heavy atom. The number of urea groups is 1. The van der Waals surface area contributed by atoms with Crippen molar-refractivity contribution < 1.29 is 14.7 Å². The summed E-state index contributed by atoms with van der Waals surface area (Å²) >= 11 is 6.37. The Bertz CT molecular complexity index is 1360. The van der Waals surface area contributed by atoms with Crippen LogP contribution < -0.4 is 16.2 Å². The minimum atomic E-state index is -1.14. The third-order valence-corrected chi connectivity index (χ3v) is 6.15. The molecule has 1 aliphatic rings. The quantitative estimate of drug-likeness (QED) is 0.450. The fourth-order valence-corrected chi connectivity index (χ4v) is 4.44.